The Kier molecular flexibility index (Phi) is 9.65. The number of rotatable bonds is 12. The lowest BCUT2D eigenvalue weighted by Gasteiger charge is -2.54. The summed E-state index contributed by atoms with van der Waals surface area (Å²) >= 11 is 0.774. The third-order valence-corrected chi connectivity index (χ3v) is 9.52. The molecule has 2 aromatic rings. The number of carbonyl (C=O) groups excluding carboxylic acids is 4. The second-order valence-corrected chi connectivity index (χ2v) is 12.4. The standard InChI is InChI=1S/C29H36N6O7S/c1-42-24(38)7-3-2-5-20(30-28(40)26-22(15-36)33-34-43-26)27(39)31-21-6-4-8-35(29(21)41)14-23(37)32-25-18-10-16-9-17(12-18)13-19(25)11-16/h3-4,6-8,16-20,25,36H,2,5,9-15H2,1H3,(H,30,40)(H,31,39)(H,32,37)/b7-3+/t16?,17?,18?,19?,20-,25?/m0/s1. The molecule has 0 spiro atoms. The first-order valence-corrected chi connectivity index (χ1v) is 15.3. The molecule has 4 aliphatic carbocycles. The molecule has 14 heteroatoms. The molecule has 43 heavy (non-hydrogen) atoms. The van der Waals surface area contributed by atoms with Crippen molar-refractivity contribution in [3.63, 3.8) is 0 Å². The maximum absolute atomic E-state index is 13.3. The van der Waals surface area contributed by atoms with E-state index in [1.165, 1.54) is 42.5 Å². The van der Waals surface area contributed by atoms with Gasteiger partial charge in [0.2, 0.25) is 11.8 Å². The summed E-state index contributed by atoms with van der Waals surface area (Å²) in [6, 6.07) is 2.03. The van der Waals surface area contributed by atoms with Crippen molar-refractivity contribution in [2.45, 2.75) is 70.2 Å². The van der Waals surface area contributed by atoms with Crippen molar-refractivity contribution in [2.24, 2.45) is 23.7 Å². The summed E-state index contributed by atoms with van der Waals surface area (Å²) in [6.45, 7) is -0.676. The third kappa shape index (κ3) is 7.19. The molecule has 4 fully saturated rings. The van der Waals surface area contributed by atoms with Gasteiger partial charge in [0.1, 0.15) is 28.8 Å². The number of aliphatic hydroxyl groups excluding tert-OH is 1. The molecule has 4 N–H and O–H groups in total. The van der Waals surface area contributed by atoms with E-state index in [9.17, 15) is 29.1 Å². The summed E-state index contributed by atoms with van der Waals surface area (Å²) < 4.78 is 9.49. The zero-order chi connectivity index (χ0) is 30.5. The molecule has 0 aliphatic heterocycles. The van der Waals surface area contributed by atoms with Crippen LogP contribution in [0.2, 0.25) is 0 Å². The third-order valence-electron chi connectivity index (χ3n) is 8.76. The highest BCUT2D eigenvalue weighted by molar-refractivity contribution is 7.08. The first kappa shape index (κ1) is 30.5. The summed E-state index contributed by atoms with van der Waals surface area (Å²) in [5.74, 6) is 0.448. The van der Waals surface area contributed by atoms with Crippen LogP contribution in [-0.2, 0) is 32.3 Å². The van der Waals surface area contributed by atoms with Gasteiger partial charge in [-0.1, -0.05) is 10.6 Å². The highest BCUT2D eigenvalue weighted by atomic mass is 32.1. The quantitative estimate of drug-likeness (QED) is 0.203. The Morgan fingerprint density at radius 2 is 1.88 bits per heavy atom. The normalized spacial score (nSPS) is 24.5. The Balaban J connectivity index is 1.24. The molecule has 0 aromatic carbocycles. The van der Waals surface area contributed by atoms with E-state index < -0.39 is 36.0 Å². The number of nitrogens with one attached hydrogen (secondary N) is 3. The van der Waals surface area contributed by atoms with Crippen LogP contribution >= 0.6 is 11.5 Å². The second kappa shape index (κ2) is 13.6. The van der Waals surface area contributed by atoms with E-state index in [1.54, 1.807) is 6.07 Å². The van der Waals surface area contributed by atoms with Gasteiger partial charge in [-0.25, -0.2) is 4.79 Å². The summed E-state index contributed by atoms with van der Waals surface area (Å²) in [7, 11) is 1.24. The zero-order valence-electron chi connectivity index (χ0n) is 23.9. The largest absolute Gasteiger partial charge is 0.466 e. The first-order chi connectivity index (χ1) is 20.7. The fraction of sp³-hybridized carbons (Fsp3) is 0.552. The zero-order valence-corrected chi connectivity index (χ0v) is 24.7. The number of aromatic nitrogens is 3. The molecule has 2 aromatic heterocycles. The van der Waals surface area contributed by atoms with Crippen LogP contribution in [0.1, 0.15) is 60.3 Å². The van der Waals surface area contributed by atoms with Crippen molar-refractivity contribution in [1.29, 1.82) is 0 Å². The molecule has 0 radical (unpaired) electrons. The Bertz CT molecular complexity index is 1420. The molecule has 230 valence electrons. The van der Waals surface area contributed by atoms with E-state index in [4.69, 9.17) is 0 Å². The van der Waals surface area contributed by atoms with Crippen LogP contribution in [0.15, 0.2) is 35.3 Å². The van der Waals surface area contributed by atoms with Gasteiger partial charge in [0.15, 0.2) is 0 Å². The summed E-state index contributed by atoms with van der Waals surface area (Å²) in [4.78, 5) is 63.9. The van der Waals surface area contributed by atoms with Gasteiger partial charge in [-0.3, -0.25) is 19.2 Å². The molecule has 6 rings (SSSR count). The SMILES string of the molecule is COC(=O)/C=C/CC[C@H](NC(=O)c1snnc1CO)C(=O)Nc1cccn(CC(=O)NC2C3CC4CC(C3)CC2C4)c1=O. The Morgan fingerprint density at radius 3 is 2.56 bits per heavy atom. The summed E-state index contributed by atoms with van der Waals surface area (Å²) in [6.07, 6.45) is 10.5. The lowest BCUT2D eigenvalue weighted by atomic mass is 9.54. The van der Waals surface area contributed by atoms with Gasteiger partial charge in [-0.2, -0.15) is 0 Å². The van der Waals surface area contributed by atoms with Crippen molar-refractivity contribution in [3.8, 4) is 0 Å². The highest BCUT2D eigenvalue weighted by Crippen LogP contribution is 2.53. The van der Waals surface area contributed by atoms with Crippen molar-refractivity contribution >= 4 is 40.9 Å². The first-order valence-electron chi connectivity index (χ1n) is 14.5. The van der Waals surface area contributed by atoms with Crippen LogP contribution in [0, 0.1) is 23.7 Å². The molecule has 4 saturated carbocycles. The van der Waals surface area contributed by atoms with Gasteiger partial charge in [-0.15, -0.1) is 5.10 Å². The highest BCUT2D eigenvalue weighted by Gasteiger charge is 2.48. The number of nitrogens with zero attached hydrogens (tertiary/aromatic N) is 3. The van der Waals surface area contributed by atoms with Crippen LogP contribution < -0.4 is 21.5 Å². The van der Waals surface area contributed by atoms with E-state index in [2.05, 4.69) is 30.3 Å². The van der Waals surface area contributed by atoms with Gasteiger partial charge in [0.05, 0.1) is 13.7 Å². The molecule has 4 aliphatic rings. The van der Waals surface area contributed by atoms with Crippen LogP contribution in [0.4, 0.5) is 5.69 Å². The Morgan fingerprint density at radius 1 is 1.16 bits per heavy atom. The number of aliphatic hydroxyl groups is 1. The van der Waals surface area contributed by atoms with Crippen molar-refractivity contribution in [3.05, 3.63) is 51.4 Å². The van der Waals surface area contributed by atoms with Gasteiger partial charge in [-0.05, 0) is 92.3 Å². The minimum Gasteiger partial charge on any atom is -0.466 e. The lowest BCUT2D eigenvalue weighted by molar-refractivity contribution is -0.134. The lowest BCUT2D eigenvalue weighted by Crippen LogP contribution is -2.56. The van der Waals surface area contributed by atoms with Gasteiger partial charge >= 0.3 is 5.97 Å². The minimum atomic E-state index is -1.11. The van der Waals surface area contributed by atoms with Crippen molar-refractivity contribution < 1.29 is 29.0 Å². The predicted molar refractivity (Wildman–Crippen MR) is 156 cm³/mol. The molecule has 3 amide bonds. The Labute approximate surface area is 252 Å². The molecule has 4 bridgehead atoms. The topological polar surface area (TPSA) is 182 Å². The maximum atomic E-state index is 13.3. The van der Waals surface area contributed by atoms with Crippen LogP contribution in [0.5, 0.6) is 0 Å². The summed E-state index contributed by atoms with van der Waals surface area (Å²) in [5.41, 5.74) is -0.527. The molecule has 2 heterocycles. The van der Waals surface area contributed by atoms with Gasteiger partial charge < -0.3 is 30.4 Å². The van der Waals surface area contributed by atoms with Crippen molar-refractivity contribution in [2.75, 3.05) is 12.4 Å². The molecule has 1 atom stereocenters. The molecular weight excluding hydrogens is 576 g/mol. The number of hydrogen-bond donors (Lipinski definition) is 4. The molecular formula is C29H36N6O7S. The van der Waals surface area contributed by atoms with Gasteiger partial charge in [0, 0.05) is 18.3 Å². The fourth-order valence-electron chi connectivity index (χ4n) is 7.01. The van der Waals surface area contributed by atoms with Crippen LogP contribution in [0.3, 0.4) is 0 Å². The number of carbonyl (C=O) groups is 4. The van der Waals surface area contributed by atoms with E-state index >= 15 is 0 Å². The van der Waals surface area contributed by atoms with E-state index in [1.807, 2.05) is 0 Å². The van der Waals surface area contributed by atoms with E-state index in [0.717, 1.165) is 49.1 Å². The average molecular weight is 613 g/mol. The monoisotopic (exact) mass is 612 g/mol. The van der Waals surface area contributed by atoms with Crippen LogP contribution in [-0.4, -0.2) is 62.1 Å². The number of anilines is 1. The maximum Gasteiger partial charge on any atom is 0.330 e. The summed E-state index contributed by atoms with van der Waals surface area (Å²) in [5, 5.41) is 21.5. The number of allylic oxidation sites excluding steroid dienone is 1. The smallest absolute Gasteiger partial charge is 0.330 e. The number of pyridine rings is 1. The second-order valence-electron chi connectivity index (χ2n) is 11.6. The number of hydrogen-bond acceptors (Lipinski definition) is 10. The molecule has 0 saturated heterocycles. The Hall–Kier alpha value is -3.91. The minimum absolute atomic E-state index is 0.0465. The average Bonchev–Trinajstić information content (AvgIpc) is 3.47. The number of methoxy groups -OCH3 is 1. The van der Waals surface area contributed by atoms with Crippen molar-refractivity contribution in [1.82, 2.24) is 24.8 Å². The van der Waals surface area contributed by atoms with E-state index in [-0.39, 0.29) is 47.6 Å². The number of ether oxygens (including phenoxy) is 1. The molecule has 13 nitrogen and oxygen atoms in total. The predicted octanol–water partition coefficient (Wildman–Crippen LogP) is 1.38. The molecule has 0 unspecified atom stereocenters. The van der Waals surface area contributed by atoms with Gasteiger partial charge in [0.25, 0.3) is 11.5 Å². The van der Waals surface area contributed by atoms with E-state index in [0.29, 0.717) is 11.8 Å². The fourth-order valence-corrected chi connectivity index (χ4v) is 7.58. The number of amides is 3. The van der Waals surface area contributed by atoms with Crippen LogP contribution in [0.25, 0.3) is 0 Å². The number of esters is 1.